The summed E-state index contributed by atoms with van der Waals surface area (Å²) in [6.45, 7) is 0.0859. The number of nitrogens with zero attached hydrogens (tertiary/aromatic N) is 1. The topological polar surface area (TPSA) is 59.8 Å². The second-order valence-corrected chi connectivity index (χ2v) is 6.16. The third-order valence-electron chi connectivity index (χ3n) is 4.07. The molecule has 0 radical (unpaired) electrons. The van der Waals surface area contributed by atoms with E-state index in [1.54, 1.807) is 7.05 Å². The average Bonchev–Trinajstić information content (AvgIpc) is 2.65. The molecule has 0 saturated heterocycles. The van der Waals surface area contributed by atoms with E-state index in [-0.39, 0.29) is 29.2 Å². The van der Waals surface area contributed by atoms with E-state index >= 15 is 0 Å². The Morgan fingerprint density at radius 3 is 2.50 bits per heavy atom. The van der Waals surface area contributed by atoms with E-state index in [0.29, 0.717) is 12.6 Å². The van der Waals surface area contributed by atoms with Gasteiger partial charge in [0, 0.05) is 31.1 Å². The lowest BCUT2D eigenvalue weighted by Crippen LogP contribution is -2.30. The lowest BCUT2D eigenvalue weighted by molar-refractivity contribution is -0.136. The van der Waals surface area contributed by atoms with Crippen LogP contribution in [0.1, 0.15) is 11.1 Å². The van der Waals surface area contributed by atoms with Crippen LogP contribution in [-0.4, -0.2) is 24.5 Å². The Kier molecular flexibility index (Phi) is 5.39. The lowest BCUT2D eigenvalue weighted by Gasteiger charge is -2.17. The third kappa shape index (κ3) is 4.51. The number of alkyl halides is 3. The molecule has 3 aromatic rings. The molecule has 2 aromatic carbocycles. The van der Waals surface area contributed by atoms with Crippen molar-refractivity contribution in [1.82, 2.24) is 4.90 Å². The summed E-state index contributed by atoms with van der Waals surface area (Å²) in [5.74, 6) is -0.189. The Balaban J connectivity index is 1.72. The second kappa shape index (κ2) is 7.75. The van der Waals surface area contributed by atoms with Crippen LogP contribution in [0.3, 0.4) is 0 Å². The van der Waals surface area contributed by atoms with Crippen LogP contribution >= 0.6 is 0 Å². The van der Waals surface area contributed by atoms with Crippen molar-refractivity contribution < 1.29 is 27.1 Å². The molecule has 0 aliphatic rings. The molecule has 5 nitrogen and oxygen atoms in total. The predicted octanol–water partition coefficient (Wildman–Crippen LogP) is 3.85. The van der Waals surface area contributed by atoms with Crippen molar-refractivity contribution in [3.8, 4) is 5.75 Å². The molecule has 0 unspecified atom stereocenters. The van der Waals surface area contributed by atoms with E-state index in [0.717, 1.165) is 17.7 Å². The largest absolute Gasteiger partial charge is 0.484 e. The Bertz CT molecular complexity index is 1040. The monoisotopic (exact) mass is 391 g/mol. The number of carbonyl (C=O) groups excluding carboxylic acids is 1. The van der Waals surface area contributed by atoms with Crippen LogP contribution in [0.2, 0.25) is 0 Å². The Morgan fingerprint density at radius 2 is 1.82 bits per heavy atom. The SMILES string of the molecule is CN(Cc1ccccc1)C(=O)COc1ccc2c(C(F)(F)F)cc(=O)oc2c1. The van der Waals surface area contributed by atoms with Crippen molar-refractivity contribution in [3.63, 3.8) is 0 Å². The second-order valence-electron chi connectivity index (χ2n) is 6.16. The van der Waals surface area contributed by atoms with Crippen molar-refractivity contribution in [2.75, 3.05) is 13.7 Å². The van der Waals surface area contributed by atoms with Gasteiger partial charge in [-0.25, -0.2) is 4.79 Å². The van der Waals surface area contributed by atoms with Crippen LogP contribution < -0.4 is 10.4 Å². The van der Waals surface area contributed by atoms with Crippen molar-refractivity contribution in [2.45, 2.75) is 12.7 Å². The first-order valence-electron chi connectivity index (χ1n) is 8.30. The van der Waals surface area contributed by atoms with Crippen LogP contribution in [0.4, 0.5) is 13.2 Å². The summed E-state index contributed by atoms with van der Waals surface area (Å²) in [5.41, 5.74) is -1.51. The number of likely N-dealkylation sites (N-methyl/N-ethyl adjacent to an activating group) is 1. The van der Waals surface area contributed by atoms with E-state index in [9.17, 15) is 22.8 Å². The summed E-state index contributed by atoms with van der Waals surface area (Å²) < 4.78 is 49.4. The highest BCUT2D eigenvalue weighted by atomic mass is 19.4. The van der Waals surface area contributed by atoms with E-state index in [1.165, 1.54) is 11.0 Å². The van der Waals surface area contributed by atoms with Gasteiger partial charge in [0.15, 0.2) is 6.61 Å². The van der Waals surface area contributed by atoms with Gasteiger partial charge in [-0.3, -0.25) is 4.79 Å². The normalized spacial score (nSPS) is 11.4. The summed E-state index contributed by atoms with van der Waals surface area (Å²) in [4.78, 5) is 25.1. The van der Waals surface area contributed by atoms with Crippen LogP contribution in [0, 0.1) is 0 Å². The lowest BCUT2D eigenvalue weighted by atomic mass is 10.1. The first-order valence-corrected chi connectivity index (χ1v) is 8.30. The first kappa shape index (κ1) is 19.5. The van der Waals surface area contributed by atoms with Gasteiger partial charge in [0.1, 0.15) is 11.3 Å². The molecule has 0 fully saturated rings. The summed E-state index contributed by atoms with van der Waals surface area (Å²) >= 11 is 0. The van der Waals surface area contributed by atoms with Crippen LogP contribution in [0.15, 0.2) is 63.8 Å². The van der Waals surface area contributed by atoms with Crippen molar-refractivity contribution in [1.29, 1.82) is 0 Å². The number of carbonyl (C=O) groups is 1. The number of amides is 1. The highest BCUT2D eigenvalue weighted by molar-refractivity contribution is 5.82. The molecule has 0 saturated carbocycles. The number of fused-ring (bicyclic) bond motifs is 1. The van der Waals surface area contributed by atoms with Gasteiger partial charge < -0.3 is 14.1 Å². The van der Waals surface area contributed by atoms with Crippen LogP contribution in [-0.2, 0) is 17.5 Å². The number of ether oxygens (including phenoxy) is 1. The van der Waals surface area contributed by atoms with Gasteiger partial charge in [-0.15, -0.1) is 0 Å². The Morgan fingerprint density at radius 1 is 1.11 bits per heavy atom. The third-order valence-corrected chi connectivity index (χ3v) is 4.07. The van der Waals surface area contributed by atoms with E-state index in [2.05, 4.69) is 0 Å². The number of rotatable bonds is 5. The highest BCUT2D eigenvalue weighted by Gasteiger charge is 2.33. The molecule has 8 heteroatoms. The van der Waals surface area contributed by atoms with E-state index in [4.69, 9.17) is 9.15 Å². The summed E-state index contributed by atoms with van der Waals surface area (Å²) in [5, 5.41) is -0.257. The van der Waals surface area contributed by atoms with Gasteiger partial charge in [0.05, 0.1) is 5.56 Å². The van der Waals surface area contributed by atoms with Gasteiger partial charge in [-0.05, 0) is 17.7 Å². The van der Waals surface area contributed by atoms with Crippen LogP contribution in [0.5, 0.6) is 5.75 Å². The molecule has 0 atom stereocenters. The molecule has 0 N–H and O–H groups in total. The molecule has 0 bridgehead atoms. The molecule has 0 aliphatic heterocycles. The zero-order valence-electron chi connectivity index (χ0n) is 14.8. The maximum Gasteiger partial charge on any atom is 0.417 e. The molecule has 0 aliphatic carbocycles. The molecule has 28 heavy (non-hydrogen) atoms. The van der Waals surface area contributed by atoms with Gasteiger partial charge in [-0.1, -0.05) is 30.3 Å². The van der Waals surface area contributed by atoms with Crippen molar-refractivity contribution in [3.05, 3.63) is 76.1 Å². The van der Waals surface area contributed by atoms with Gasteiger partial charge in [-0.2, -0.15) is 13.2 Å². The molecule has 1 amide bonds. The Hall–Kier alpha value is -3.29. The minimum absolute atomic E-state index is 0.122. The molecule has 146 valence electrons. The summed E-state index contributed by atoms with van der Waals surface area (Å²) in [7, 11) is 1.62. The maximum atomic E-state index is 13.1. The number of halogens is 3. The number of benzene rings is 2. The molecule has 3 rings (SSSR count). The molecule has 1 heterocycles. The number of hydrogen-bond donors (Lipinski definition) is 0. The fourth-order valence-corrected chi connectivity index (χ4v) is 2.67. The maximum absolute atomic E-state index is 13.1. The smallest absolute Gasteiger partial charge is 0.417 e. The van der Waals surface area contributed by atoms with Crippen molar-refractivity contribution in [2.24, 2.45) is 0 Å². The van der Waals surface area contributed by atoms with Crippen LogP contribution in [0.25, 0.3) is 11.0 Å². The van der Waals surface area contributed by atoms with E-state index in [1.807, 2.05) is 30.3 Å². The highest BCUT2D eigenvalue weighted by Crippen LogP contribution is 2.34. The fourth-order valence-electron chi connectivity index (χ4n) is 2.67. The standard InChI is InChI=1S/C20H16F3NO4/c1-24(11-13-5-3-2-4-6-13)18(25)12-27-14-7-8-15-16(20(21,22)23)10-19(26)28-17(15)9-14/h2-10H,11-12H2,1H3. The fraction of sp³-hybridized carbons (Fsp3) is 0.200. The van der Waals surface area contributed by atoms with Gasteiger partial charge >= 0.3 is 11.8 Å². The van der Waals surface area contributed by atoms with Gasteiger partial charge in [0.2, 0.25) is 0 Å². The minimum Gasteiger partial charge on any atom is -0.484 e. The molecular formula is C20H16F3NO4. The quantitative estimate of drug-likeness (QED) is 0.620. The molecule has 0 spiro atoms. The first-order chi connectivity index (χ1) is 13.2. The minimum atomic E-state index is -4.69. The zero-order chi connectivity index (χ0) is 20.3. The Labute approximate surface area is 157 Å². The average molecular weight is 391 g/mol. The van der Waals surface area contributed by atoms with E-state index < -0.39 is 17.4 Å². The van der Waals surface area contributed by atoms with Crippen molar-refractivity contribution >= 4 is 16.9 Å². The molecule has 1 aromatic heterocycles. The zero-order valence-corrected chi connectivity index (χ0v) is 14.8. The van der Waals surface area contributed by atoms with Gasteiger partial charge in [0.25, 0.3) is 5.91 Å². The molecular weight excluding hydrogens is 375 g/mol. The summed E-state index contributed by atoms with van der Waals surface area (Å²) in [6, 6.07) is 13.4. The summed E-state index contributed by atoms with van der Waals surface area (Å²) in [6.07, 6.45) is -4.69. The predicted molar refractivity (Wildman–Crippen MR) is 95.9 cm³/mol. The number of hydrogen-bond acceptors (Lipinski definition) is 4.